The van der Waals surface area contributed by atoms with E-state index in [0.29, 0.717) is 5.41 Å². The average molecular weight is 458 g/mol. The molecule has 0 aromatic heterocycles. The van der Waals surface area contributed by atoms with E-state index in [4.69, 9.17) is 4.43 Å². The molecule has 31 heavy (non-hydrogen) atoms. The van der Waals surface area contributed by atoms with Crippen molar-refractivity contribution in [1.82, 2.24) is 14.7 Å². The summed E-state index contributed by atoms with van der Waals surface area (Å²) in [6.45, 7) is 18.7. The molecule has 0 N–H and O–H groups in total. The Kier molecular flexibility index (Phi) is 17.6. The Balaban J connectivity index is 5.43. The molecule has 0 heterocycles. The third-order valence-electron chi connectivity index (χ3n) is 8.19. The smallest absolute Gasteiger partial charge is 0.191 e. The zero-order chi connectivity index (χ0) is 23.8. The molecule has 0 spiro atoms. The molecule has 0 aromatic rings. The van der Waals surface area contributed by atoms with Crippen LogP contribution in [0, 0.1) is 5.41 Å². The molecule has 0 fully saturated rings. The maximum atomic E-state index is 6.23. The quantitative estimate of drug-likeness (QED) is 0.191. The van der Waals surface area contributed by atoms with Gasteiger partial charge in [0.2, 0.25) is 0 Å². The maximum Gasteiger partial charge on any atom is 0.191 e. The molecule has 0 aliphatic rings. The first kappa shape index (κ1) is 31.1. The lowest BCUT2D eigenvalue weighted by Gasteiger charge is -2.39. The molecular formula is C26H59N3OSi. The van der Waals surface area contributed by atoms with Crippen LogP contribution in [0.15, 0.2) is 0 Å². The van der Waals surface area contributed by atoms with Gasteiger partial charge in [-0.2, -0.15) is 0 Å². The molecule has 188 valence electrons. The van der Waals surface area contributed by atoms with Gasteiger partial charge in [-0.1, -0.05) is 34.6 Å². The minimum atomic E-state index is -1.56. The number of hydrogen-bond acceptors (Lipinski definition) is 4. The van der Waals surface area contributed by atoms with Gasteiger partial charge in [0.15, 0.2) is 8.32 Å². The van der Waals surface area contributed by atoms with Crippen molar-refractivity contribution in [2.45, 2.75) is 97.7 Å². The molecule has 0 radical (unpaired) electrons. The van der Waals surface area contributed by atoms with Crippen LogP contribution in [0.2, 0.25) is 18.1 Å². The van der Waals surface area contributed by atoms with Gasteiger partial charge in [0.1, 0.15) is 0 Å². The first-order valence-corrected chi connectivity index (χ1v) is 15.9. The molecule has 0 saturated carbocycles. The summed E-state index contributed by atoms with van der Waals surface area (Å²) in [5.41, 5.74) is 0.485. The van der Waals surface area contributed by atoms with Crippen molar-refractivity contribution in [3.8, 4) is 0 Å². The Morgan fingerprint density at radius 3 is 1.23 bits per heavy atom. The van der Waals surface area contributed by atoms with E-state index in [2.05, 4.69) is 70.5 Å². The summed E-state index contributed by atoms with van der Waals surface area (Å²) in [5.74, 6) is 0. The summed E-state index contributed by atoms with van der Waals surface area (Å²) in [4.78, 5) is 7.44. The Hall–Kier alpha value is 0.0569. The van der Waals surface area contributed by atoms with Gasteiger partial charge in [0.25, 0.3) is 0 Å². The third kappa shape index (κ3) is 12.8. The fourth-order valence-electron chi connectivity index (χ4n) is 4.88. The molecular weight excluding hydrogens is 398 g/mol. The molecule has 0 unspecified atom stereocenters. The van der Waals surface area contributed by atoms with Crippen LogP contribution in [0.5, 0.6) is 0 Å². The highest BCUT2D eigenvalue weighted by atomic mass is 28.4. The van der Waals surface area contributed by atoms with Crippen molar-refractivity contribution in [3.05, 3.63) is 0 Å². The highest BCUT2D eigenvalue weighted by Crippen LogP contribution is 2.42. The SMILES string of the molecule is CCN(C)CCCC(CCCN(C)CC)(CCCN(C)CC)CC[Si](CC)(CC)OC. The predicted octanol–water partition coefficient (Wildman–Crippen LogP) is 6.19. The number of hydrogen-bond donors (Lipinski definition) is 0. The van der Waals surface area contributed by atoms with E-state index in [1.165, 1.54) is 82.7 Å². The summed E-state index contributed by atoms with van der Waals surface area (Å²) in [6, 6.07) is 3.85. The van der Waals surface area contributed by atoms with Gasteiger partial charge in [-0.3, -0.25) is 0 Å². The van der Waals surface area contributed by atoms with Gasteiger partial charge in [-0.15, -0.1) is 0 Å². The van der Waals surface area contributed by atoms with Gasteiger partial charge >= 0.3 is 0 Å². The first-order chi connectivity index (χ1) is 14.8. The minimum Gasteiger partial charge on any atom is -0.420 e. The Bertz CT molecular complexity index is 368. The summed E-state index contributed by atoms with van der Waals surface area (Å²) in [6.07, 6.45) is 9.50. The van der Waals surface area contributed by atoms with Crippen LogP contribution >= 0.6 is 0 Å². The van der Waals surface area contributed by atoms with Crippen LogP contribution in [-0.2, 0) is 4.43 Å². The van der Waals surface area contributed by atoms with Crippen LogP contribution in [-0.4, -0.2) is 90.5 Å². The summed E-state index contributed by atoms with van der Waals surface area (Å²) < 4.78 is 6.23. The van der Waals surface area contributed by atoms with Crippen LogP contribution in [0.3, 0.4) is 0 Å². The van der Waals surface area contributed by atoms with E-state index in [1.54, 1.807) is 0 Å². The minimum absolute atomic E-state index is 0.485. The monoisotopic (exact) mass is 457 g/mol. The van der Waals surface area contributed by atoms with Crippen LogP contribution in [0.25, 0.3) is 0 Å². The fourth-order valence-corrected chi connectivity index (χ4v) is 7.86. The van der Waals surface area contributed by atoms with E-state index in [0.717, 1.165) is 19.6 Å². The average Bonchev–Trinajstić information content (AvgIpc) is 2.79. The lowest BCUT2D eigenvalue weighted by molar-refractivity contribution is 0.163. The lowest BCUT2D eigenvalue weighted by atomic mass is 9.73. The number of nitrogens with zero attached hydrogens (tertiary/aromatic N) is 3. The molecule has 0 aromatic carbocycles. The second kappa shape index (κ2) is 17.5. The second-order valence-corrected chi connectivity index (χ2v) is 14.8. The van der Waals surface area contributed by atoms with E-state index < -0.39 is 8.32 Å². The van der Waals surface area contributed by atoms with Crippen molar-refractivity contribution in [2.24, 2.45) is 5.41 Å². The van der Waals surface area contributed by atoms with E-state index in [-0.39, 0.29) is 0 Å². The topological polar surface area (TPSA) is 19.0 Å². The van der Waals surface area contributed by atoms with Crippen molar-refractivity contribution in [1.29, 1.82) is 0 Å². The Morgan fingerprint density at radius 1 is 0.613 bits per heavy atom. The lowest BCUT2D eigenvalue weighted by Crippen LogP contribution is -2.38. The normalized spacial score (nSPS) is 13.2. The van der Waals surface area contributed by atoms with Gasteiger partial charge in [0, 0.05) is 7.11 Å². The maximum absolute atomic E-state index is 6.23. The number of rotatable bonds is 21. The zero-order valence-electron chi connectivity index (χ0n) is 23.1. The Morgan fingerprint density at radius 2 is 0.968 bits per heavy atom. The van der Waals surface area contributed by atoms with Crippen molar-refractivity contribution in [3.63, 3.8) is 0 Å². The van der Waals surface area contributed by atoms with Crippen molar-refractivity contribution >= 4 is 8.32 Å². The van der Waals surface area contributed by atoms with Crippen molar-refractivity contribution < 1.29 is 4.43 Å². The summed E-state index contributed by atoms with van der Waals surface area (Å²) >= 11 is 0. The van der Waals surface area contributed by atoms with E-state index >= 15 is 0 Å². The van der Waals surface area contributed by atoms with Gasteiger partial charge in [0.05, 0.1) is 0 Å². The van der Waals surface area contributed by atoms with Crippen LogP contribution < -0.4 is 0 Å². The third-order valence-corrected chi connectivity index (χ3v) is 12.8. The second-order valence-electron chi connectivity index (χ2n) is 10.1. The molecule has 0 aliphatic heterocycles. The van der Waals surface area contributed by atoms with E-state index in [1.807, 2.05) is 7.11 Å². The van der Waals surface area contributed by atoms with Gasteiger partial charge in [-0.25, -0.2) is 0 Å². The summed E-state index contributed by atoms with van der Waals surface area (Å²) in [7, 11) is 7.23. The highest BCUT2D eigenvalue weighted by molar-refractivity contribution is 6.73. The Labute approximate surface area is 198 Å². The molecule has 0 amide bonds. The summed E-state index contributed by atoms with van der Waals surface area (Å²) in [5, 5.41) is 0. The molecule has 5 heteroatoms. The molecule has 0 aliphatic carbocycles. The zero-order valence-corrected chi connectivity index (χ0v) is 24.1. The van der Waals surface area contributed by atoms with Crippen LogP contribution in [0.4, 0.5) is 0 Å². The molecule has 0 atom stereocenters. The highest BCUT2D eigenvalue weighted by Gasteiger charge is 2.36. The van der Waals surface area contributed by atoms with E-state index in [9.17, 15) is 0 Å². The van der Waals surface area contributed by atoms with Crippen molar-refractivity contribution in [2.75, 3.05) is 67.5 Å². The standard InChI is InChI=1S/C26H59N3OSi/c1-10-27(6)22-15-18-26(19-16-23-28(7)11-2,20-17-24-29(8)12-3)21-25-31(13-4,14-5)30-9/h10-25H2,1-9H3. The van der Waals surface area contributed by atoms with Crippen LogP contribution in [0.1, 0.15) is 79.6 Å². The fraction of sp³-hybridized carbons (Fsp3) is 1.00. The first-order valence-electron chi connectivity index (χ1n) is 13.4. The molecule has 4 nitrogen and oxygen atoms in total. The van der Waals surface area contributed by atoms with Gasteiger partial charge < -0.3 is 19.1 Å². The predicted molar refractivity (Wildman–Crippen MR) is 143 cm³/mol. The van der Waals surface area contributed by atoms with Gasteiger partial charge in [-0.05, 0) is 129 Å². The molecule has 0 bridgehead atoms. The molecule has 0 saturated heterocycles. The largest absolute Gasteiger partial charge is 0.420 e. The molecule has 0 rings (SSSR count).